The zero-order valence-corrected chi connectivity index (χ0v) is 14.4. The first kappa shape index (κ1) is 16.7. The molecule has 24 heavy (non-hydrogen) atoms. The number of benzene rings is 1. The predicted octanol–water partition coefficient (Wildman–Crippen LogP) is 2.94. The molecular weight excluding hydrogens is 326 g/mol. The van der Waals surface area contributed by atoms with Crippen molar-refractivity contribution < 1.29 is 9.59 Å². The molecule has 1 N–H and O–H groups in total. The van der Waals surface area contributed by atoms with Crippen LogP contribution in [0.4, 0.5) is 0 Å². The van der Waals surface area contributed by atoms with Gasteiger partial charge in [-0.15, -0.1) is 0 Å². The van der Waals surface area contributed by atoms with E-state index in [0.717, 1.165) is 30.3 Å². The molecule has 1 fully saturated rings. The van der Waals surface area contributed by atoms with E-state index < -0.39 is 0 Å². The third kappa shape index (κ3) is 3.67. The minimum atomic E-state index is -0.135. The highest BCUT2D eigenvalue weighted by Gasteiger charge is 2.19. The van der Waals surface area contributed by atoms with Gasteiger partial charge in [-0.25, -0.2) is 0 Å². The Morgan fingerprint density at radius 2 is 2.21 bits per heavy atom. The van der Waals surface area contributed by atoms with Gasteiger partial charge in [-0.3, -0.25) is 14.6 Å². The van der Waals surface area contributed by atoms with E-state index >= 15 is 0 Å². The van der Waals surface area contributed by atoms with E-state index in [4.69, 9.17) is 11.6 Å². The Bertz CT molecular complexity index is 791. The van der Waals surface area contributed by atoms with E-state index in [1.807, 2.05) is 24.0 Å². The summed E-state index contributed by atoms with van der Waals surface area (Å²) >= 11 is 5.97. The van der Waals surface area contributed by atoms with Crippen molar-refractivity contribution in [2.75, 3.05) is 19.6 Å². The molecule has 1 aliphatic heterocycles. The molecule has 126 valence electrons. The van der Waals surface area contributed by atoms with Gasteiger partial charge in [-0.05, 0) is 38.0 Å². The highest BCUT2D eigenvalue weighted by Crippen LogP contribution is 2.20. The van der Waals surface area contributed by atoms with E-state index in [1.165, 1.54) is 0 Å². The molecule has 2 heterocycles. The molecule has 1 saturated heterocycles. The summed E-state index contributed by atoms with van der Waals surface area (Å²) in [5.74, 6) is 0.0826. The van der Waals surface area contributed by atoms with Crippen LogP contribution in [0.25, 0.3) is 10.9 Å². The molecule has 0 radical (unpaired) electrons. The maximum absolute atomic E-state index is 12.4. The summed E-state index contributed by atoms with van der Waals surface area (Å²) in [5.41, 5.74) is 2.03. The number of aryl methyl sites for hydroxylation is 1. The highest BCUT2D eigenvalue weighted by molar-refractivity contribution is 6.31. The maximum Gasteiger partial charge on any atom is 0.253 e. The smallest absolute Gasteiger partial charge is 0.253 e. The average Bonchev–Trinajstić information content (AvgIpc) is 2.95. The summed E-state index contributed by atoms with van der Waals surface area (Å²) in [7, 11) is 0. The van der Waals surface area contributed by atoms with Crippen molar-refractivity contribution in [3.05, 3.63) is 40.5 Å². The van der Waals surface area contributed by atoms with Crippen LogP contribution in [0.15, 0.2) is 24.3 Å². The van der Waals surface area contributed by atoms with E-state index in [2.05, 4.69) is 10.3 Å². The van der Waals surface area contributed by atoms with Gasteiger partial charge in [0.25, 0.3) is 5.91 Å². The molecule has 2 amide bonds. The fraction of sp³-hybridized carbons (Fsp3) is 0.389. The number of nitrogens with zero attached hydrogens (tertiary/aromatic N) is 2. The van der Waals surface area contributed by atoms with Gasteiger partial charge in [-0.2, -0.15) is 0 Å². The molecule has 0 aliphatic carbocycles. The van der Waals surface area contributed by atoms with Crippen molar-refractivity contribution in [3.8, 4) is 0 Å². The van der Waals surface area contributed by atoms with E-state index in [9.17, 15) is 9.59 Å². The summed E-state index contributed by atoms with van der Waals surface area (Å²) in [4.78, 5) is 30.2. The van der Waals surface area contributed by atoms with Gasteiger partial charge < -0.3 is 10.2 Å². The SMILES string of the molecule is Cc1nc2cc(Cl)ccc2cc1C(=O)NCCCN1CCCC1=O. The Morgan fingerprint density at radius 1 is 1.38 bits per heavy atom. The number of carbonyl (C=O) groups is 2. The first-order chi connectivity index (χ1) is 11.5. The third-order valence-electron chi connectivity index (χ3n) is 4.28. The van der Waals surface area contributed by atoms with Crippen molar-refractivity contribution >= 4 is 34.3 Å². The fourth-order valence-corrected chi connectivity index (χ4v) is 3.14. The summed E-state index contributed by atoms with van der Waals surface area (Å²) < 4.78 is 0. The lowest BCUT2D eigenvalue weighted by Gasteiger charge is -2.15. The van der Waals surface area contributed by atoms with Gasteiger partial charge >= 0.3 is 0 Å². The lowest BCUT2D eigenvalue weighted by Crippen LogP contribution is -2.31. The third-order valence-corrected chi connectivity index (χ3v) is 4.51. The van der Waals surface area contributed by atoms with Crippen molar-refractivity contribution in [1.82, 2.24) is 15.2 Å². The Balaban J connectivity index is 1.60. The largest absolute Gasteiger partial charge is 0.352 e. The average molecular weight is 346 g/mol. The van der Waals surface area contributed by atoms with Crippen LogP contribution in [0.5, 0.6) is 0 Å². The van der Waals surface area contributed by atoms with Gasteiger partial charge in [-0.1, -0.05) is 17.7 Å². The minimum Gasteiger partial charge on any atom is -0.352 e. The molecule has 0 atom stereocenters. The van der Waals surface area contributed by atoms with Crippen LogP contribution in [0.3, 0.4) is 0 Å². The lowest BCUT2D eigenvalue weighted by atomic mass is 10.1. The molecule has 3 rings (SSSR count). The number of rotatable bonds is 5. The van der Waals surface area contributed by atoms with Gasteiger partial charge in [0, 0.05) is 36.5 Å². The van der Waals surface area contributed by atoms with Gasteiger partial charge in [0.15, 0.2) is 0 Å². The number of likely N-dealkylation sites (tertiary alicyclic amines) is 1. The van der Waals surface area contributed by atoms with Crippen molar-refractivity contribution in [2.45, 2.75) is 26.2 Å². The Kier molecular flexibility index (Phi) is 5.00. The molecule has 0 spiro atoms. The first-order valence-corrected chi connectivity index (χ1v) is 8.55. The summed E-state index contributed by atoms with van der Waals surface area (Å²) in [6, 6.07) is 7.28. The minimum absolute atomic E-state index is 0.135. The number of fused-ring (bicyclic) bond motifs is 1. The van der Waals surface area contributed by atoms with E-state index in [1.54, 1.807) is 12.1 Å². The summed E-state index contributed by atoms with van der Waals surface area (Å²) in [6.45, 7) is 3.90. The molecule has 5 nitrogen and oxygen atoms in total. The zero-order chi connectivity index (χ0) is 17.1. The van der Waals surface area contributed by atoms with Crippen LogP contribution in [-0.4, -0.2) is 41.3 Å². The predicted molar refractivity (Wildman–Crippen MR) is 94.3 cm³/mol. The number of amides is 2. The van der Waals surface area contributed by atoms with Crippen LogP contribution in [-0.2, 0) is 4.79 Å². The van der Waals surface area contributed by atoms with Gasteiger partial charge in [0.1, 0.15) is 0 Å². The molecule has 2 aromatic rings. The number of pyridine rings is 1. The Morgan fingerprint density at radius 3 is 2.96 bits per heavy atom. The molecule has 0 bridgehead atoms. The maximum atomic E-state index is 12.4. The fourth-order valence-electron chi connectivity index (χ4n) is 2.97. The van der Waals surface area contributed by atoms with Crippen LogP contribution in [0, 0.1) is 6.92 Å². The number of hydrogen-bond acceptors (Lipinski definition) is 3. The molecule has 6 heteroatoms. The number of halogens is 1. The summed E-state index contributed by atoms with van der Waals surface area (Å²) in [6.07, 6.45) is 2.35. The number of nitrogens with one attached hydrogen (secondary N) is 1. The molecule has 0 saturated carbocycles. The molecule has 1 aliphatic rings. The molecule has 0 unspecified atom stereocenters. The summed E-state index contributed by atoms with van der Waals surface area (Å²) in [5, 5.41) is 4.43. The van der Waals surface area contributed by atoms with Crippen LogP contribution >= 0.6 is 11.6 Å². The second-order valence-corrected chi connectivity index (χ2v) is 6.49. The highest BCUT2D eigenvalue weighted by atomic mass is 35.5. The lowest BCUT2D eigenvalue weighted by molar-refractivity contribution is -0.127. The second-order valence-electron chi connectivity index (χ2n) is 6.05. The topological polar surface area (TPSA) is 62.3 Å². The zero-order valence-electron chi connectivity index (χ0n) is 13.6. The number of carbonyl (C=O) groups excluding carboxylic acids is 2. The van der Waals surface area contributed by atoms with E-state index in [-0.39, 0.29) is 11.8 Å². The number of aromatic nitrogens is 1. The molecular formula is C18H20ClN3O2. The Labute approximate surface area is 146 Å². The monoisotopic (exact) mass is 345 g/mol. The standard InChI is InChI=1S/C18H20ClN3O2/c1-12-15(10-13-5-6-14(19)11-16(13)21-12)18(24)20-7-3-9-22-8-2-4-17(22)23/h5-6,10-11H,2-4,7-9H2,1H3,(H,20,24). The molecule has 1 aromatic heterocycles. The van der Waals surface area contributed by atoms with Gasteiger partial charge in [0.05, 0.1) is 16.8 Å². The van der Waals surface area contributed by atoms with Crippen LogP contribution in [0.1, 0.15) is 35.3 Å². The Hall–Kier alpha value is -2.14. The van der Waals surface area contributed by atoms with E-state index in [0.29, 0.717) is 35.8 Å². The normalized spacial score (nSPS) is 14.4. The first-order valence-electron chi connectivity index (χ1n) is 8.17. The second kappa shape index (κ2) is 7.18. The van der Waals surface area contributed by atoms with Crippen molar-refractivity contribution in [3.63, 3.8) is 0 Å². The molecule has 1 aromatic carbocycles. The van der Waals surface area contributed by atoms with Crippen molar-refractivity contribution in [1.29, 1.82) is 0 Å². The quantitative estimate of drug-likeness (QED) is 0.847. The van der Waals surface area contributed by atoms with Crippen molar-refractivity contribution in [2.24, 2.45) is 0 Å². The number of hydrogen-bond donors (Lipinski definition) is 1. The van der Waals surface area contributed by atoms with Crippen LogP contribution in [0.2, 0.25) is 5.02 Å². The van der Waals surface area contributed by atoms with Gasteiger partial charge in [0.2, 0.25) is 5.91 Å². The van der Waals surface area contributed by atoms with Crippen LogP contribution < -0.4 is 5.32 Å².